The average Bonchev–Trinajstić information content (AvgIpc) is 3.09. The molecule has 0 spiro atoms. The molecule has 16 nitrogen and oxygen atoms in total. The maximum atomic E-state index is 13.0. The van der Waals surface area contributed by atoms with Crippen LogP contribution in [0.15, 0.2) is 128 Å². The molecule has 0 bridgehead atoms. The van der Waals surface area contributed by atoms with Crippen LogP contribution >= 0.6 is 0 Å². The minimum absolute atomic E-state index is 0. The maximum Gasteiger partial charge on any atom is 1.00 e. The van der Waals surface area contributed by atoms with E-state index in [0.29, 0.717) is 28.7 Å². The predicted molar refractivity (Wildman–Crippen MR) is 189 cm³/mol. The number of azo groups is 1. The predicted octanol–water partition coefficient (Wildman–Crippen LogP) is -3.81. The van der Waals surface area contributed by atoms with E-state index in [0.717, 1.165) is 12.1 Å². The molecule has 5 aromatic carbocycles. The van der Waals surface area contributed by atoms with Crippen LogP contribution in [0.5, 0.6) is 0 Å². The average molecular weight is 842 g/mol. The van der Waals surface area contributed by atoms with Gasteiger partial charge in [0, 0.05) is 27.8 Å². The maximum absolute atomic E-state index is 13.0. The van der Waals surface area contributed by atoms with Gasteiger partial charge in [0.25, 0.3) is 5.91 Å². The number of hydrogen-bond donors (Lipinski definition) is 2. The van der Waals surface area contributed by atoms with Crippen LogP contribution in [0.3, 0.4) is 0 Å². The fraction of sp³-hybridized carbons (Fsp3) is 0.0294. The van der Waals surface area contributed by atoms with Crippen LogP contribution < -0.4 is 99.4 Å². The number of carbonyl (C=O) groups excluding carboxylic acids is 2. The number of hydrogen-bond acceptors (Lipinski definition) is 15. The zero-order valence-corrected chi connectivity index (χ0v) is 38.3. The number of aryl methyl sites for hydroxylation is 1. The van der Waals surface area contributed by atoms with E-state index < -0.39 is 56.7 Å². The summed E-state index contributed by atoms with van der Waals surface area (Å²) in [6.07, 6.45) is 0.907. The second-order valence-electron chi connectivity index (χ2n) is 11.4. The molecule has 1 amide bonds. The minimum Gasteiger partial charge on any atom is -0.744 e. The first-order chi connectivity index (χ1) is 24.9. The molecule has 5 aromatic rings. The molecule has 6 rings (SSSR count). The Bertz CT molecular complexity index is 2820. The number of ketones is 1. The summed E-state index contributed by atoms with van der Waals surface area (Å²) in [7, 11) is -15.1. The molecule has 0 aliphatic heterocycles. The molecule has 0 radical (unpaired) electrons. The third-order valence-electron chi connectivity index (χ3n) is 7.82. The van der Waals surface area contributed by atoms with Crippen molar-refractivity contribution in [3.8, 4) is 0 Å². The quantitative estimate of drug-likeness (QED) is 0.0626. The first kappa shape index (κ1) is 47.4. The van der Waals surface area contributed by atoms with Gasteiger partial charge in [0.2, 0.25) is 5.78 Å². The number of Topliss-reactive ketones (excluding diaryl/α,β-unsaturated/α-hetero) is 1. The number of fused-ring (bicyclic) bond motifs is 2. The Balaban J connectivity index is 0.00000280. The number of nitrogens with one attached hydrogen (secondary N) is 2. The van der Waals surface area contributed by atoms with Crippen molar-refractivity contribution in [2.45, 2.75) is 16.7 Å². The van der Waals surface area contributed by atoms with Crippen molar-refractivity contribution in [2.24, 2.45) is 15.3 Å². The molecule has 56 heavy (non-hydrogen) atoms. The number of nitrogens with zero attached hydrogens (tertiary/aromatic N) is 3. The molecule has 1 aliphatic rings. The number of rotatable bonds is 9. The van der Waals surface area contributed by atoms with Gasteiger partial charge >= 0.3 is 88.7 Å². The standard InChI is InChI=1S/C34H25N5O11S3.3Na/c1-19-14-23(12-13-29(19)38-37-24-11-8-21-15-25(51(42,43)44)17-31(28(21)16-24)52(45,46)47)35-34(41)20-6-9-22(10-7-20)36-39-30-18-32(53(48,49)50)26-4-2-3-5-27(26)33(30)40;;;/h2-18,36H,1H3,(H,35,41)(H,42,43,44)(H,45,46,47)(H,48,49,50);;;/q;3*+1/p-3/b38-37?,39-30+;;;. The van der Waals surface area contributed by atoms with E-state index in [2.05, 4.69) is 26.1 Å². The van der Waals surface area contributed by atoms with Gasteiger partial charge in [0.05, 0.1) is 31.8 Å². The van der Waals surface area contributed by atoms with Gasteiger partial charge in [0.15, 0.2) is 0 Å². The van der Waals surface area contributed by atoms with Gasteiger partial charge in [-0.1, -0.05) is 30.3 Å². The third-order valence-corrected chi connectivity index (χ3v) is 10.4. The summed E-state index contributed by atoms with van der Waals surface area (Å²) in [5, 5.41) is 14.8. The molecule has 0 fully saturated rings. The van der Waals surface area contributed by atoms with Crippen LogP contribution in [0.2, 0.25) is 0 Å². The van der Waals surface area contributed by atoms with E-state index in [4.69, 9.17) is 0 Å². The smallest absolute Gasteiger partial charge is 0.744 e. The Morgan fingerprint density at radius 1 is 0.679 bits per heavy atom. The summed E-state index contributed by atoms with van der Waals surface area (Å²) in [6, 6.07) is 21.8. The van der Waals surface area contributed by atoms with Gasteiger partial charge in [-0.25, -0.2) is 25.3 Å². The molecule has 270 valence electrons. The van der Waals surface area contributed by atoms with Crippen molar-refractivity contribution in [3.63, 3.8) is 0 Å². The SMILES string of the molecule is Cc1cc(NC(=O)c2ccc(N/N=C3\C=C(S(=O)(=O)[O-])c4ccccc4C3=O)cc2)ccc1N=Nc1ccc2cc(S(=O)(=O)[O-])cc(S(=O)(=O)[O-])c2c1.[Na+].[Na+].[Na+]. The van der Waals surface area contributed by atoms with Gasteiger partial charge in [0.1, 0.15) is 36.1 Å². The fourth-order valence-electron chi connectivity index (χ4n) is 5.27. The minimum atomic E-state index is -5.17. The molecular weight excluding hydrogens is 820 g/mol. The van der Waals surface area contributed by atoms with Crippen molar-refractivity contribution in [3.05, 3.63) is 125 Å². The molecule has 2 N–H and O–H groups in total. The van der Waals surface area contributed by atoms with Crippen LogP contribution in [0, 0.1) is 6.92 Å². The van der Waals surface area contributed by atoms with Crippen LogP contribution in [0.4, 0.5) is 22.7 Å². The summed E-state index contributed by atoms with van der Waals surface area (Å²) < 4.78 is 105. The second-order valence-corrected chi connectivity index (χ2v) is 15.5. The van der Waals surface area contributed by atoms with Crippen molar-refractivity contribution >= 4 is 86.2 Å². The van der Waals surface area contributed by atoms with Crippen molar-refractivity contribution in [1.82, 2.24) is 0 Å². The first-order valence-corrected chi connectivity index (χ1v) is 19.2. The summed E-state index contributed by atoms with van der Waals surface area (Å²) >= 11 is 0. The van der Waals surface area contributed by atoms with Crippen LogP contribution in [0.25, 0.3) is 15.7 Å². The van der Waals surface area contributed by atoms with E-state index in [1.807, 2.05) is 0 Å². The molecule has 0 heterocycles. The van der Waals surface area contributed by atoms with Gasteiger partial charge in [-0.3, -0.25) is 15.0 Å². The molecule has 0 unspecified atom stereocenters. The van der Waals surface area contributed by atoms with Gasteiger partial charge < -0.3 is 19.0 Å². The molecule has 22 heteroatoms. The number of anilines is 2. The van der Waals surface area contributed by atoms with Crippen LogP contribution in [-0.2, 0) is 30.4 Å². The normalized spacial score (nSPS) is 13.5. The molecule has 0 saturated carbocycles. The van der Waals surface area contributed by atoms with E-state index in [1.165, 1.54) is 66.7 Å². The molecule has 1 aliphatic carbocycles. The zero-order valence-electron chi connectivity index (χ0n) is 29.9. The summed E-state index contributed by atoms with van der Waals surface area (Å²) in [5.41, 5.74) is 4.43. The summed E-state index contributed by atoms with van der Waals surface area (Å²) in [4.78, 5) is 23.5. The molecule has 0 saturated heterocycles. The number of allylic oxidation sites excluding steroid dienone is 1. The Morgan fingerprint density at radius 2 is 1.32 bits per heavy atom. The number of carbonyl (C=O) groups is 2. The molecule has 0 aromatic heterocycles. The number of hydrazone groups is 1. The molecule has 0 atom stereocenters. The number of benzene rings is 5. The Hall–Kier alpha value is -2.96. The molecular formula is C34H22N5Na3O11S3. The third kappa shape index (κ3) is 10.9. The second kappa shape index (κ2) is 18.7. The van der Waals surface area contributed by atoms with E-state index in [9.17, 15) is 48.5 Å². The van der Waals surface area contributed by atoms with E-state index >= 15 is 0 Å². The summed E-state index contributed by atoms with van der Waals surface area (Å²) in [6.45, 7) is 1.69. The Labute approximate surface area is 387 Å². The van der Waals surface area contributed by atoms with Crippen LogP contribution in [-0.4, -0.2) is 56.3 Å². The van der Waals surface area contributed by atoms with Crippen molar-refractivity contribution < 1.29 is 137 Å². The largest absolute Gasteiger partial charge is 1.00 e. The van der Waals surface area contributed by atoms with E-state index in [-0.39, 0.29) is 128 Å². The Kier molecular flexibility index (Phi) is 15.9. The van der Waals surface area contributed by atoms with Gasteiger partial charge in [-0.05, 0) is 90.7 Å². The Morgan fingerprint density at radius 3 is 1.93 bits per heavy atom. The summed E-state index contributed by atoms with van der Waals surface area (Å²) in [5.74, 6) is -1.06. The van der Waals surface area contributed by atoms with Crippen LogP contribution in [0.1, 0.15) is 31.8 Å². The van der Waals surface area contributed by atoms with Crippen molar-refractivity contribution in [2.75, 3.05) is 10.7 Å². The topological polar surface area (TPSA) is 267 Å². The van der Waals surface area contributed by atoms with Gasteiger partial charge in [-0.15, -0.1) is 0 Å². The monoisotopic (exact) mass is 841 g/mol. The fourth-order valence-corrected chi connectivity index (χ4v) is 7.30. The first-order valence-electron chi connectivity index (χ1n) is 15.0. The van der Waals surface area contributed by atoms with Crippen molar-refractivity contribution in [1.29, 1.82) is 0 Å². The van der Waals surface area contributed by atoms with Gasteiger partial charge in [-0.2, -0.15) is 15.3 Å². The zero-order chi connectivity index (χ0) is 38.3. The number of amides is 1. The van der Waals surface area contributed by atoms with E-state index in [1.54, 1.807) is 25.1 Å².